The summed E-state index contributed by atoms with van der Waals surface area (Å²) in [7, 11) is 0. The van der Waals surface area contributed by atoms with Crippen LogP contribution in [-0.4, -0.2) is 42.4 Å². The number of amidine groups is 2. The number of nitrogens with one attached hydrogen (secondary N) is 2. The fourth-order valence-electron chi connectivity index (χ4n) is 3.41. The van der Waals surface area contributed by atoms with E-state index in [2.05, 4.69) is 10.3 Å². The molecule has 3 aromatic rings. The van der Waals surface area contributed by atoms with E-state index in [0.29, 0.717) is 24.3 Å². The van der Waals surface area contributed by atoms with Crippen molar-refractivity contribution in [2.45, 2.75) is 12.3 Å². The largest absolute Gasteiger partial charge is 0.486 e. The van der Waals surface area contributed by atoms with Gasteiger partial charge in [0.1, 0.15) is 24.0 Å². The Morgan fingerprint density at radius 1 is 1.22 bits per heavy atom. The van der Waals surface area contributed by atoms with E-state index in [-0.39, 0.29) is 30.6 Å². The molecule has 1 unspecified atom stereocenters. The minimum atomic E-state index is -0.866. The first-order chi connectivity index (χ1) is 14.5. The fourth-order valence-corrected chi connectivity index (χ4v) is 4.50. The SMILES string of the molecule is Cl.Cl.N=C(N)c1ccc2sc(CC(C(=O)O)c3ccc(OCC4=NCCN4)cc3)cc2c1. The third-order valence-corrected chi connectivity index (χ3v) is 6.12. The van der Waals surface area contributed by atoms with Crippen molar-refractivity contribution in [1.29, 1.82) is 5.41 Å². The van der Waals surface area contributed by atoms with Gasteiger partial charge in [0.05, 0.1) is 12.5 Å². The second-order valence-corrected chi connectivity index (χ2v) is 8.26. The van der Waals surface area contributed by atoms with Crippen molar-refractivity contribution < 1.29 is 14.6 Å². The maximum Gasteiger partial charge on any atom is 0.311 e. The smallest absolute Gasteiger partial charge is 0.311 e. The molecule has 32 heavy (non-hydrogen) atoms. The molecule has 0 radical (unpaired) electrons. The zero-order chi connectivity index (χ0) is 21.1. The first kappa shape index (κ1) is 25.5. The summed E-state index contributed by atoms with van der Waals surface area (Å²) >= 11 is 1.56. The molecule has 1 aliphatic heterocycles. The van der Waals surface area contributed by atoms with E-state index < -0.39 is 11.9 Å². The number of aliphatic imine (C=N–C) groups is 1. The Balaban J connectivity index is 0.00000181. The Bertz CT molecular complexity index is 1130. The van der Waals surface area contributed by atoms with Crippen LogP contribution in [0.15, 0.2) is 53.5 Å². The normalized spacial score (nSPS) is 13.3. The average molecular weight is 495 g/mol. The second-order valence-electron chi connectivity index (χ2n) is 7.09. The lowest BCUT2D eigenvalue weighted by Crippen LogP contribution is -2.24. The minimum absolute atomic E-state index is 0. The molecule has 0 aliphatic carbocycles. The molecule has 0 spiro atoms. The van der Waals surface area contributed by atoms with Crippen LogP contribution in [0.2, 0.25) is 0 Å². The highest BCUT2D eigenvalue weighted by molar-refractivity contribution is 7.19. The maximum absolute atomic E-state index is 12.0. The third-order valence-electron chi connectivity index (χ3n) is 4.98. The number of carboxylic acids is 1. The van der Waals surface area contributed by atoms with Gasteiger partial charge in [-0.25, -0.2) is 0 Å². The third kappa shape index (κ3) is 5.91. The number of nitrogens with two attached hydrogens (primary N) is 1. The lowest BCUT2D eigenvalue weighted by atomic mass is 9.95. The van der Waals surface area contributed by atoms with Crippen LogP contribution in [0.25, 0.3) is 10.1 Å². The molecule has 10 heteroatoms. The Labute approximate surface area is 202 Å². The molecule has 0 amide bonds. The summed E-state index contributed by atoms with van der Waals surface area (Å²) in [6.45, 7) is 1.99. The molecule has 0 fully saturated rings. The van der Waals surface area contributed by atoms with Crippen LogP contribution in [0.3, 0.4) is 0 Å². The molecule has 4 rings (SSSR count). The number of halogens is 2. The number of thiophene rings is 1. The van der Waals surface area contributed by atoms with Crippen LogP contribution < -0.4 is 15.8 Å². The standard InChI is InChI=1S/C22H22N4O3S.2ClH/c23-21(24)14-3-6-19-15(9-14)10-17(30-19)11-18(22(27)28)13-1-4-16(5-2-13)29-12-20-25-7-8-26-20;;/h1-6,9-10,18H,7-8,11-12H2,(H3,23,24)(H,25,26)(H,27,28);2*1H. The van der Waals surface area contributed by atoms with E-state index >= 15 is 0 Å². The molecule has 0 saturated heterocycles. The van der Waals surface area contributed by atoms with Gasteiger partial charge in [-0.3, -0.25) is 15.2 Å². The average Bonchev–Trinajstić information content (AvgIpc) is 3.39. The van der Waals surface area contributed by atoms with E-state index in [9.17, 15) is 9.90 Å². The molecule has 0 saturated carbocycles. The highest BCUT2D eigenvalue weighted by Crippen LogP contribution is 2.31. The van der Waals surface area contributed by atoms with Gasteiger partial charge in [0.25, 0.3) is 0 Å². The Hall–Kier alpha value is -2.81. The number of rotatable bonds is 8. The zero-order valence-electron chi connectivity index (χ0n) is 17.0. The van der Waals surface area contributed by atoms with E-state index in [1.165, 1.54) is 0 Å². The fraction of sp³-hybridized carbons (Fsp3) is 0.227. The van der Waals surface area contributed by atoms with Crippen LogP contribution >= 0.6 is 36.2 Å². The highest BCUT2D eigenvalue weighted by atomic mass is 35.5. The van der Waals surface area contributed by atoms with Crippen molar-refractivity contribution in [2.24, 2.45) is 10.7 Å². The molecular weight excluding hydrogens is 471 g/mol. The van der Waals surface area contributed by atoms with Gasteiger partial charge in [0, 0.05) is 21.7 Å². The summed E-state index contributed by atoms with van der Waals surface area (Å²) in [5.41, 5.74) is 6.96. The summed E-state index contributed by atoms with van der Waals surface area (Å²) in [6.07, 6.45) is 0.394. The lowest BCUT2D eigenvalue weighted by Gasteiger charge is -2.13. The van der Waals surface area contributed by atoms with Crippen LogP contribution in [0, 0.1) is 5.41 Å². The summed E-state index contributed by atoms with van der Waals surface area (Å²) in [6, 6.07) is 14.8. The van der Waals surface area contributed by atoms with Crippen molar-refractivity contribution in [3.05, 3.63) is 64.5 Å². The number of hydrogen-bond acceptors (Lipinski definition) is 6. The summed E-state index contributed by atoms with van der Waals surface area (Å²) in [5.74, 6) is 0.0135. The van der Waals surface area contributed by atoms with Gasteiger partial charge in [0.15, 0.2) is 0 Å². The second kappa shape index (κ2) is 11.2. The van der Waals surface area contributed by atoms with Gasteiger partial charge < -0.3 is 20.9 Å². The number of carboxylic acid groups (broad SMARTS) is 1. The van der Waals surface area contributed by atoms with Gasteiger partial charge in [0.2, 0.25) is 0 Å². The molecule has 0 bridgehead atoms. The predicted molar refractivity (Wildman–Crippen MR) is 134 cm³/mol. The Morgan fingerprint density at radius 3 is 2.59 bits per heavy atom. The topological polar surface area (TPSA) is 121 Å². The van der Waals surface area contributed by atoms with E-state index in [1.807, 2.05) is 24.3 Å². The Kier molecular flexibility index (Phi) is 8.89. The number of aliphatic carboxylic acids is 1. The number of hydrogen-bond donors (Lipinski definition) is 4. The molecule has 7 nitrogen and oxygen atoms in total. The highest BCUT2D eigenvalue weighted by Gasteiger charge is 2.22. The van der Waals surface area contributed by atoms with Crippen molar-refractivity contribution >= 4 is 63.9 Å². The maximum atomic E-state index is 12.0. The van der Waals surface area contributed by atoms with Crippen LogP contribution in [0.4, 0.5) is 0 Å². The minimum Gasteiger partial charge on any atom is -0.486 e. The molecule has 5 N–H and O–H groups in total. The number of ether oxygens (including phenoxy) is 1. The molecule has 170 valence electrons. The summed E-state index contributed by atoms with van der Waals surface area (Å²) in [5, 5.41) is 21.5. The van der Waals surface area contributed by atoms with Crippen LogP contribution in [0.1, 0.15) is 21.9 Å². The van der Waals surface area contributed by atoms with Gasteiger partial charge >= 0.3 is 5.97 Å². The molecule has 1 atom stereocenters. The predicted octanol–water partition coefficient (Wildman–Crippen LogP) is 3.82. The Morgan fingerprint density at radius 2 is 1.97 bits per heavy atom. The van der Waals surface area contributed by atoms with Crippen LogP contribution in [-0.2, 0) is 11.2 Å². The number of fused-ring (bicyclic) bond motifs is 1. The van der Waals surface area contributed by atoms with Gasteiger partial charge in [-0.15, -0.1) is 36.2 Å². The van der Waals surface area contributed by atoms with Crippen LogP contribution in [0.5, 0.6) is 5.75 Å². The van der Waals surface area contributed by atoms with Crippen molar-refractivity contribution in [3.63, 3.8) is 0 Å². The summed E-state index contributed by atoms with van der Waals surface area (Å²) < 4.78 is 6.76. The van der Waals surface area contributed by atoms with Gasteiger partial charge in [-0.2, -0.15) is 0 Å². The van der Waals surface area contributed by atoms with Crippen molar-refractivity contribution in [1.82, 2.24) is 5.32 Å². The monoisotopic (exact) mass is 494 g/mol. The number of carbonyl (C=O) groups is 1. The van der Waals surface area contributed by atoms with Crippen molar-refractivity contribution in [3.8, 4) is 5.75 Å². The van der Waals surface area contributed by atoms with Gasteiger partial charge in [-0.1, -0.05) is 12.1 Å². The molecule has 2 aromatic carbocycles. The van der Waals surface area contributed by atoms with E-state index in [0.717, 1.165) is 39.5 Å². The number of benzene rings is 2. The lowest BCUT2D eigenvalue weighted by molar-refractivity contribution is -0.138. The molecular formula is C22H24Cl2N4O3S. The van der Waals surface area contributed by atoms with Gasteiger partial charge in [-0.05, 0) is 53.8 Å². The first-order valence-corrected chi connectivity index (χ1v) is 10.4. The zero-order valence-corrected chi connectivity index (χ0v) is 19.5. The first-order valence-electron chi connectivity index (χ1n) is 9.59. The van der Waals surface area contributed by atoms with E-state index in [1.54, 1.807) is 35.6 Å². The van der Waals surface area contributed by atoms with E-state index in [4.69, 9.17) is 15.9 Å². The molecule has 1 aliphatic rings. The quantitative estimate of drug-likeness (QED) is 0.280. The van der Waals surface area contributed by atoms with Crippen molar-refractivity contribution in [2.75, 3.05) is 19.7 Å². The molecule has 1 aromatic heterocycles. The number of nitrogens with zero attached hydrogens (tertiary/aromatic N) is 1. The summed E-state index contributed by atoms with van der Waals surface area (Å²) in [4.78, 5) is 17.2. The molecule has 2 heterocycles. The number of nitrogen functional groups attached to an aromatic ring is 1.